The summed E-state index contributed by atoms with van der Waals surface area (Å²) >= 11 is 21.5. The van der Waals surface area contributed by atoms with Gasteiger partial charge in [0, 0.05) is 38.0 Å². The summed E-state index contributed by atoms with van der Waals surface area (Å²) in [6.07, 6.45) is 3.63. The summed E-state index contributed by atoms with van der Waals surface area (Å²) in [6.45, 7) is 0.188. The molecule has 4 rings (SSSR count). The zero-order valence-electron chi connectivity index (χ0n) is 14.9. The van der Waals surface area contributed by atoms with Gasteiger partial charge in [-0.05, 0) is 29.8 Å². The van der Waals surface area contributed by atoms with E-state index in [2.05, 4.69) is 5.16 Å². The monoisotopic (exact) mass is 481 g/mol. The predicted octanol–water partition coefficient (Wildman–Crippen LogP) is 7.20. The molecule has 2 heterocycles. The predicted molar refractivity (Wildman–Crippen MR) is 123 cm³/mol. The first-order chi connectivity index (χ1) is 14.1. The molecule has 0 unspecified atom stereocenters. The summed E-state index contributed by atoms with van der Waals surface area (Å²) in [5, 5.41) is 8.82. The molecule has 4 nitrogen and oxygen atoms in total. The number of imidazole rings is 1. The number of aromatic nitrogens is 2. The molecule has 29 heavy (non-hydrogen) atoms. The van der Waals surface area contributed by atoms with Crippen molar-refractivity contribution in [3.05, 3.63) is 85.9 Å². The largest absolute Gasteiger partial charge is 0.391 e. The minimum Gasteiger partial charge on any atom is -0.391 e. The van der Waals surface area contributed by atoms with Crippen LogP contribution in [0.5, 0.6) is 0 Å². The van der Waals surface area contributed by atoms with Crippen LogP contribution in [0.25, 0.3) is 4.96 Å². The first-order valence-electron chi connectivity index (χ1n) is 8.53. The number of hydrogen-bond donors (Lipinski definition) is 0. The third-order valence-electron chi connectivity index (χ3n) is 4.07. The number of rotatable bonds is 7. The van der Waals surface area contributed by atoms with Gasteiger partial charge in [-0.1, -0.05) is 69.9 Å². The van der Waals surface area contributed by atoms with Crippen molar-refractivity contribution in [1.29, 1.82) is 0 Å². The van der Waals surface area contributed by atoms with Gasteiger partial charge in [0.2, 0.25) is 0 Å². The molecule has 0 fully saturated rings. The van der Waals surface area contributed by atoms with E-state index in [1.54, 1.807) is 47.5 Å². The smallest absolute Gasteiger partial charge is 0.195 e. The van der Waals surface area contributed by atoms with Crippen LogP contribution in [0.3, 0.4) is 0 Å². The summed E-state index contributed by atoms with van der Waals surface area (Å²) in [4.78, 5) is 11.1. The van der Waals surface area contributed by atoms with E-state index >= 15 is 0 Å². The molecule has 0 saturated heterocycles. The number of halogens is 3. The molecule has 0 N–H and O–H groups in total. The Morgan fingerprint density at radius 1 is 1.10 bits per heavy atom. The van der Waals surface area contributed by atoms with Crippen LogP contribution in [0.1, 0.15) is 16.8 Å². The van der Waals surface area contributed by atoms with Crippen molar-refractivity contribution in [3.8, 4) is 0 Å². The molecular weight excluding hydrogens is 469 g/mol. The van der Waals surface area contributed by atoms with E-state index in [9.17, 15) is 0 Å². The Kier molecular flexibility index (Phi) is 6.67. The van der Waals surface area contributed by atoms with E-state index in [4.69, 9.17) is 44.6 Å². The lowest BCUT2D eigenvalue weighted by atomic mass is 10.2. The van der Waals surface area contributed by atoms with Crippen molar-refractivity contribution in [2.75, 3.05) is 0 Å². The first-order valence-corrected chi connectivity index (χ1v) is 11.5. The minimum atomic E-state index is 0.188. The fourth-order valence-electron chi connectivity index (χ4n) is 2.60. The maximum atomic E-state index is 6.17. The maximum Gasteiger partial charge on any atom is 0.195 e. The second kappa shape index (κ2) is 9.41. The second-order valence-corrected chi connectivity index (χ2v) is 9.07. The molecule has 0 aliphatic rings. The quantitative estimate of drug-likeness (QED) is 0.159. The van der Waals surface area contributed by atoms with Gasteiger partial charge in [0.25, 0.3) is 0 Å². The highest BCUT2D eigenvalue weighted by Crippen LogP contribution is 2.28. The summed E-state index contributed by atoms with van der Waals surface area (Å²) in [7, 11) is 0. The number of hydrogen-bond acceptors (Lipinski definition) is 5. The average molecular weight is 483 g/mol. The number of thioether (sulfide) groups is 1. The maximum absolute atomic E-state index is 6.17. The molecule has 2 aromatic heterocycles. The summed E-state index contributed by atoms with van der Waals surface area (Å²) < 4.78 is 1.99. The molecule has 4 aromatic rings. The van der Waals surface area contributed by atoms with Crippen LogP contribution in [0.15, 0.2) is 64.2 Å². The van der Waals surface area contributed by atoms with Crippen LogP contribution < -0.4 is 0 Å². The van der Waals surface area contributed by atoms with Gasteiger partial charge in [0.15, 0.2) is 4.96 Å². The number of oxime groups is 1. The van der Waals surface area contributed by atoms with Crippen LogP contribution in [0.2, 0.25) is 15.1 Å². The van der Waals surface area contributed by atoms with Crippen molar-refractivity contribution >= 4 is 69.1 Å². The summed E-state index contributed by atoms with van der Waals surface area (Å²) in [6, 6.07) is 13.1. The molecule has 0 aliphatic carbocycles. The zero-order chi connectivity index (χ0) is 20.2. The Morgan fingerprint density at radius 2 is 1.86 bits per heavy atom. The fourth-order valence-corrected chi connectivity index (χ4v) is 4.96. The van der Waals surface area contributed by atoms with E-state index in [1.165, 1.54) is 5.56 Å². The molecule has 148 valence electrons. The average Bonchev–Trinajstić information content (AvgIpc) is 3.28. The van der Waals surface area contributed by atoms with Gasteiger partial charge in [0.1, 0.15) is 17.3 Å². The lowest BCUT2D eigenvalue weighted by molar-refractivity contribution is 0.132. The Balaban J connectivity index is 1.48. The molecule has 2 aromatic carbocycles. The Bertz CT molecular complexity index is 1140. The van der Waals surface area contributed by atoms with E-state index in [0.717, 1.165) is 26.5 Å². The van der Waals surface area contributed by atoms with Gasteiger partial charge in [-0.15, -0.1) is 11.3 Å². The first kappa shape index (κ1) is 20.6. The van der Waals surface area contributed by atoms with E-state index in [1.807, 2.05) is 40.2 Å². The van der Waals surface area contributed by atoms with Gasteiger partial charge in [-0.25, -0.2) is 4.98 Å². The number of benzene rings is 2. The summed E-state index contributed by atoms with van der Waals surface area (Å²) in [5.41, 5.74) is 2.74. The highest BCUT2D eigenvalue weighted by molar-refractivity contribution is 7.98. The molecular formula is C20H14Cl3N3OS2. The standard InChI is InChI=1S/C20H14Cl3N3OS2/c21-14-6-4-13(5-7-14)12-29-19-18(26-8-9-28-20(26)25-19)10-24-27-11-15-16(22)2-1-3-17(15)23/h1-10H,11-12H2/b24-10-. The number of fused-ring (bicyclic) bond motifs is 1. The van der Waals surface area contributed by atoms with Crippen molar-refractivity contribution in [3.63, 3.8) is 0 Å². The zero-order valence-corrected chi connectivity index (χ0v) is 18.8. The van der Waals surface area contributed by atoms with Gasteiger partial charge in [-0.2, -0.15) is 0 Å². The van der Waals surface area contributed by atoms with Crippen LogP contribution in [0, 0.1) is 0 Å². The van der Waals surface area contributed by atoms with E-state index < -0.39 is 0 Å². The second-order valence-electron chi connectivity index (χ2n) is 5.98. The van der Waals surface area contributed by atoms with Crippen LogP contribution >= 0.6 is 57.9 Å². The van der Waals surface area contributed by atoms with Crippen molar-refractivity contribution < 1.29 is 4.84 Å². The normalized spacial score (nSPS) is 11.6. The summed E-state index contributed by atoms with van der Waals surface area (Å²) in [5.74, 6) is 0.777. The van der Waals surface area contributed by atoms with Gasteiger partial charge in [0.05, 0.1) is 6.21 Å². The van der Waals surface area contributed by atoms with Crippen molar-refractivity contribution in [2.45, 2.75) is 17.4 Å². The molecule has 0 spiro atoms. The highest BCUT2D eigenvalue weighted by Gasteiger charge is 2.13. The lowest BCUT2D eigenvalue weighted by Gasteiger charge is -2.05. The van der Waals surface area contributed by atoms with E-state index in [0.29, 0.717) is 15.6 Å². The minimum absolute atomic E-state index is 0.188. The molecule has 0 radical (unpaired) electrons. The molecule has 0 aliphatic heterocycles. The lowest BCUT2D eigenvalue weighted by Crippen LogP contribution is -1.94. The third-order valence-corrected chi connectivity index (χ3v) is 6.84. The Labute approximate surface area is 191 Å². The Morgan fingerprint density at radius 3 is 2.62 bits per heavy atom. The van der Waals surface area contributed by atoms with Crippen molar-refractivity contribution in [2.24, 2.45) is 5.16 Å². The Hall–Kier alpha value is -1.70. The number of nitrogens with zero attached hydrogens (tertiary/aromatic N) is 3. The molecule has 0 amide bonds. The topological polar surface area (TPSA) is 38.9 Å². The van der Waals surface area contributed by atoms with E-state index in [-0.39, 0.29) is 6.61 Å². The molecule has 0 atom stereocenters. The highest BCUT2D eigenvalue weighted by atomic mass is 35.5. The molecule has 0 saturated carbocycles. The SMILES string of the molecule is Clc1ccc(CSc2nc3sccn3c2/C=N\OCc2c(Cl)cccc2Cl)cc1. The number of thiazole rings is 1. The molecule has 9 heteroatoms. The van der Waals surface area contributed by atoms with Crippen molar-refractivity contribution in [1.82, 2.24) is 9.38 Å². The van der Waals surface area contributed by atoms with Gasteiger partial charge < -0.3 is 4.84 Å². The van der Waals surface area contributed by atoms with Crippen LogP contribution in [0.4, 0.5) is 0 Å². The van der Waals surface area contributed by atoms with Crippen LogP contribution in [-0.4, -0.2) is 15.6 Å². The van der Waals surface area contributed by atoms with Gasteiger partial charge in [-0.3, -0.25) is 4.40 Å². The fraction of sp³-hybridized carbons (Fsp3) is 0.100. The third kappa shape index (κ3) is 4.90. The molecule has 0 bridgehead atoms. The van der Waals surface area contributed by atoms with Crippen LogP contribution in [-0.2, 0) is 17.2 Å². The van der Waals surface area contributed by atoms with Gasteiger partial charge >= 0.3 is 0 Å².